The maximum atomic E-state index is 11.0. The first kappa shape index (κ1) is 21.2. The van der Waals surface area contributed by atoms with Crippen molar-refractivity contribution in [2.45, 2.75) is 85.0 Å². The maximum Gasteiger partial charge on any atom is 0.305 e. The van der Waals surface area contributed by atoms with Crippen molar-refractivity contribution in [2.75, 3.05) is 6.61 Å². The summed E-state index contributed by atoms with van der Waals surface area (Å²) in [7, 11) is 0. The monoisotopic (exact) mass is 288 g/mol. The van der Waals surface area contributed by atoms with Crippen molar-refractivity contribution in [1.82, 2.24) is 0 Å². The lowest BCUT2D eigenvalue weighted by Crippen LogP contribution is -2.04. The summed E-state index contributed by atoms with van der Waals surface area (Å²) in [5, 5.41) is 7.91. The highest BCUT2D eigenvalue weighted by Crippen LogP contribution is 2.05. The van der Waals surface area contributed by atoms with Crippen LogP contribution < -0.4 is 0 Å². The van der Waals surface area contributed by atoms with Crippen LogP contribution in [0.5, 0.6) is 0 Å². The molecule has 0 aliphatic carbocycles. The van der Waals surface area contributed by atoms with Crippen LogP contribution in [-0.4, -0.2) is 23.7 Å². The van der Waals surface area contributed by atoms with E-state index in [2.05, 4.69) is 6.92 Å². The number of rotatable bonds is 11. The van der Waals surface area contributed by atoms with Crippen LogP contribution in [0.3, 0.4) is 0 Å². The van der Waals surface area contributed by atoms with Crippen molar-refractivity contribution in [3.8, 4) is 0 Å². The Hall–Kier alpha value is -1.06. The molecule has 20 heavy (non-hydrogen) atoms. The fourth-order valence-corrected chi connectivity index (χ4v) is 1.56. The predicted octanol–water partition coefficient (Wildman–Crippen LogP) is 4.56. The molecule has 0 fully saturated rings. The summed E-state index contributed by atoms with van der Waals surface area (Å²) in [6.45, 7) is 6.66. The first-order chi connectivity index (χ1) is 9.58. The predicted molar refractivity (Wildman–Crippen MR) is 81.8 cm³/mol. The lowest BCUT2D eigenvalue weighted by atomic mass is 10.1. The molecule has 0 aromatic rings. The second-order valence-corrected chi connectivity index (χ2v) is 4.88. The molecule has 0 atom stereocenters. The molecule has 0 amide bonds. The summed E-state index contributed by atoms with van der Waals surface area (Å²) in [6, 6.07) is 0. The van der Waals surface area contributed by atoms with E-state index in [-0.39, 0.29) is 5.97 Å². The number of hydrogen-bond donors (Lipinski definition) is 1. The van der Waals surface area contributed by atoms with Crippen LogP contribution in [0.1, 0.15) is 85.0 Å². The topological polar surface area (TPSA) is 63.6 Å². The van der Waals surface area contributed by atoms with E-state index in [9.17, 15) is 9.59 Å². The molecule has 0 aliphatic heterocycles. The van der Waals surface area contributed by atoms with Crippen molar-refractivity contribution >= 4 is 11.9 Å². The van der Waals surface area contributed by atoms with Gasteiger partial charge in [0.25, 0.3) is 0 Å². The summed E-state index contributed by atoms with van der Waals surface area (Å²) in [6.07, 6.45) is 9.90. The highest BCUT2D eigenvalue weighted by atomic mass is 16.5. The summed E-state index contributed by atoms with van der Waals surface area (Å²) in [4.78, 5) is 20.6. The van der Waals surface area contributed by atoms with E-state index in [1.54, 1.807) is 0 Å². The largest absolute Gasteiger partial charge is 0.481 e. The average Bonchev–Trinajstić information content (AvgIpc) is 2.38. The van der Waals surface area contributed by atoms with Gasteiger partial charge in [-0.15, -0.1) is 0 Å². The normalized spacial score (nSPS) is 9.55. The minimum atomic E-state index is -0.711. The molecule has 0 rings (SSSR count). The molecule has 0 aliphatic rings. The number of carbonyl (C=O) groups excluding carboxylic acids is 1. The Morgan fingerprint density at radius 1 is 0.800 bits per heavy atom. The summed E-state index contributed by atoms with van der Waals surface area (Å²) < 4.78 is 5.05. The van der Waals surface area contributed by atoms with Crippen LogP contribution in [0.15, 0.2) is 0 Å². The number of hydrogen-bond acceptors (Lipinski definition) is 3. The molecule has 4 nitrogen and oxygen atoms in total. The highest BCUT2D eigenvalue weighted by molar-refractivity contribution is 5.69. The quantitative estimate of drug-likeness (QED) is 0.447. The Morgan fingerprint density at radius 3 is 1.80 bits per heavy atom. The second-order valence-electron chi connectivity index (χ2n) is 4.88. The molecule has 0 bridgehead atoms. The fraction of sp³-hybridized carbons (Fsp3) is 0.875. The molecule has 0 aromatic carbocycles. The van der Waals surface area contributed by atoms with Gasteiger partial charge >= 0.3 is 11.9 Å². The Labute approximate surface area is 123 Å². The Kier molecular flexibility index (Phi) is 19.1. The van der Waals surface area contributed by atoms with Crippen molar-refractivity contribution in [1.29, 1.82) is 0 Å². The lowest BCUT2D eigenvalue weighted by molar-refractivity contribution is -0.143. The molecule has 4 heteroatoms. The molecule has 0 spiro atoms. The van der Waals surface area contributed by atoms with Crippen molar-refractivity contribution in [2.24, 2.45) is 0 Å². The Balaban J connectivity index is 0. The van der Waals surface area contributed by atoms with Crippen molar-refractivity contribution < 1.29 is 19.4 Å². The van der Waals surface area contributed by atoms with Crippen LogP contribution in [0.4, 0.5) is 0 Å². The summed E-state index contributed by atoms with van der Waals surface area (Å²) in [5.74, 6) is -0.751. The molecule has 120 valence electrons. The van der Waals surface area contributed by atoms with Gasteiger partial charge in [0, 0.05) is 12.8 Å². The van der Waals surface area contributed by atoms with Gasteiger partial charge in [-0.3, -0.25) is 9.59 Å². The van der Waals surface area contributed by atoms with E-state index in [1.807, 2.05) is 13.8 Å². The maximum absolute atomic E-state index is 11.0. The number of carboxylic acid groups (broad SMARTS) is 1. The van der Waals surface area contributed by atoms with E-state index in [0.717, 1.165) is 19.3 Å². The summed E-state index contributed by atoms with van der Waals surface area (Å²) >= 11 is 0. The van der Waals surface area contributed by atoms with Gasteiger partial charge < -0.3 is 9.84 Å². The molecule has 0 saturated carbocycles. The van der Waals surface area contributed by atoms with Gasteiger partial charge in [0.05, 0.1) is 6.61 Å². The molecule has 0 heterocycles. The number of carboxylic acids is 1. The minimum Gasteiger partial charge on any atom is -0.481 e. The molecular formula is C16H32O4. The molecular weight excluding hydrogens is 256 g/mol. The molecule has 0 aromatic heterocycles. The van der Waals surface area contributed by atoms with E-state index in [1.165, 1.54) is 32.1 Å². The zero-order valence-corrected chi connectivity index (χ0v) is 13.5. The fourth-order valence-electron chi connectivity index (χ4n) is 1.56. The van der Waals surface area contributed by atoms with Gasteiger partial charge in [-0.05, 0) is 19.3 Å². The third kappa shape index (κ3) is 22.1. The molecule has 0 unspecified atom stereocenters. The third-order valence-electron chi connectivity index (χ3n) is 2.68. The number of esters is 1. The van der Waals surface area contributed by atoms with E-state index in [0.29, 0.717) is 19.4 Å². The second kappa shape index (κ2) is 17.9. The van der Waals surface area contributed by atoms with Gasteiger partial charge in [0.15, 0.2) is 0 Å². The van der Waals surface area contributed by atoms with Gasteiger partial charge in [0.2, 0.25) is 0 Å². The van der Waals surface area contributed by atoms with E-state index in [4.69, 9.17) is 9.84 Å². The zero-order valence-electron chi connectivity index (χ0n) is 13.5. The van der Waals surface area contributed by atoms with Crippen LogP contribution in [-0.2, 0) is 14.3 Å². The zero-order chi connectivity index (χ0) is 15.6. The van der Waals surface area contributed by atoms with Gasteiger partial charge in [-0.1, -0.05) is 52.9 Å². The van der Waals surface area contributed by atoms with Crippen LogP contribution in [0.2, 0.25) is 0 Å². The van der Waals surface area contributed by atoms with Gasteiger partial charge in [-0.2, -0.15) is 0 Å². The first-order valence-corrected chi connectivity index (χ1v) is 7.95. The van der Waals surface area contributed by atoms with Crippen molar-refractivity contribution in [3.05, 3.63) is 0 Å². The lowest BCUT2D eigenvalue weighted by Gasteiger charge is -2.03. The smallest absolute Gasteiger partial charge is 0.305 e. The van der Waals surface area contributed by atoms with E-state index >= 15 is 0 Å². The molecule has 0 saturated heterocycles. The Bertz CT molecular complexity index is 227. The summed E-state index contributed by atoms with van der Waals surface area (Å²) in [5.41, 5.74) is 0. The highest BCUT2D eigenvalue weighted by Gasteiger charge is 1.99. The minimum absolute atomic E-state index is 0.0407. The number of ether oxygens (including phenoxy) is 1. The SMILES string of the molecule is CCCC(=O)O.CCCCCCCCOC(=O)CCC. The van der Waals surface area contributed by atoms with Crippen LogP contribution in [0.25, 0.3) is 0 Å². The Morgan fingerprint density at radius 2 is 1.35 bits per heavy atom. The van der Waals surface area contributed by atoms with Gasteiger partial charge in [0.1, 0.15) is 0 Å². The van der Waals surface area contributed by atoms with Gasteiger partial charge in [-0.25, -0.2) is 0 Å². The molecule has 1 N–H and O–H groups in total. The first-order valence-electron chi connectivity index (χ1n) is 7.95. The number of unbranched alkanes of at least 4 members (excludes halogenated alkanes) is 5. The van der Waals surface area contributed by atoms with Crippen molar-refractivity contribution in [3.63, 3.8) is 0 Å². The van der Waals surface area contributed by atoms with Crippen LogP contribution >= 0.6 is 0 Å². The van der Waals surface area contributed by atoms with E-state index < -0.39 is 5.97 Å². The average molecular weight is 288 g/mol. The number of aliphatic carboxylic acids is 1. The number of carbonyl (C=O) groups is 2. The molecule has 0 radical (unpaired) electrons. The third-order valence-corrected chi connectivity index (χ3v) is 2.68. The standard InChI is InChI=1S/C12H24O2.C4H8O2/c1-3-5-6-7-8-9-11-14-12(13)10-4-2;1-2-3-4(5)6/h3-11H2,1-2H3;2-3H2,1H3,(H,5,6). The van der Waals surface area contributed by atoms with Crippen LogP contribution in [0, 0.1) is 0 Å².